The molecule has 5 aromatic carbocycles. The lowest BCUT2D eigenvalue weighted by atomic mass is 10.0. The van der Waals surface area contributed by atoms with Gasteiger partial charge in [-0.05, 0) is 28.0 Å². The molecule has 0 unspecified atom stereocenters. The van der Waals surface area contributed by atoms with Gasteiger partial charge in [0.15, 0.2) is 12.3 Å². The second-order valence-corrected chi connectivity index (χ2v) is 10.9. The number of carbonyl (C=O) groups excluding carboxylic acids is 1. The summed E-state index contributed by atoms with van der Waals surface area (Å²) in [6, 6.07) is 34.4. The normalized spacial score (nSPS) is 19.9. The van der Waals surface area contributed by atoms with Crippen LogP contribution in [0.2, 0.25) is 0 Å². The van der Waals surface area contributed by atoms with E-state index in [0.717, 1.165) is 10.8 Å². The van der Waals surface area contributed by atoms with Gasteiger partial charge < -0.3 is 9.47 Å². The Balaban J connectivity index is 1.54. The third-order valence-electron chi connectivity index (χ3n) is 6.99. The fourth-order valence-corrected chi connectivity index (χ4v) is 6.79. The van der Waals surface area contributed by atoms with Crippen LogP contribution < -0.4 is 4.83 Å². The summed E-state index contributed by atoms with van der Waals surface area (Å²) in [5.41, 5.74) is 1.40. The number of sulfonamides is 1. The summed E-state index contributed by atoms with van der Waals surface area (Å²) < 4.78 is 40.1. The summed E-state index contributed by atoms with van der Waals surface area (Å²) >= 11 is 0. The molecule has 1 saturated heterocycles. The standard InChI is InChI=1S/C31H26N2O5S/c1-37-31(34)28-27(21-12-4-2-5-13-21)33(30(38-28)22-14-6-3-7-15-22)32-39(35,36)29-25-18-10-8-16-23(25)20-24-17-9-11-19-26(24)29/h2-20,27-28,30,32H,1H3/t27-,28+,30+/m0/s1. The Bertz CT molecular complexity index is 1710. The smallest absolute Gasteiger partial charge is 0.337 e. The average molecular weight is 539 g/mol. The van der Waals surface area contributed by atoms with Gasteiger partial charge in [-0.15, -0.1) is 4.83 Å². The first-order chi connectivity index (χ1) is 19.0. The molecule has 7 nitrogen and oxygen atoms in total. The number of carbonyl (C=O) groups is 1. The molecule has 1 aliphatic heterocycles. The van der Waals surface area contributed by atoms with Crippen LogP contribution in [0.5, 0.6) is 0 Å². The number of hydrogen-bond acceptors (Lipinski definition) is 6. The molecule has 0 saturated carbocycles. The van der Waals surface area contributed by atoms with E-state index in [2.05, 4.69) is 4.83 Å². The molecule has 3 atom stereocenters. The lowest BCUT2D eigenvalue weighted by molar-refractivity contribution is -0.154. The van der Waals surface area contributed by atoms with Crippen LogP contribution in [-0.2, 0) is 24.3 Å². The zero-order chi connectivity index (χ0) is 27.0. The van der Waals surface area contributed by atoms with Crippen LogP contribution >= 0.6 is 0 Å². The summed E-state index contributed by atoms with van der Waals surface area (Å²) in [4.78, 5) is 16.0. The number of fused-ring (bicyclic) bond motifs is 2. The predicted octanol–water partition coefficient (Wildman–Crippen LogP) is 5.50. The van der Waals surface area contributed by atoms with E-state index < -0.39 is 34.4 Å². The molecule has 0 aliphatic carbocycles. The molecule has 0 bridgehead atoms. The zero-order valence-electron chi connectivity index (χ0n) is 21.1. The molecule has 1 aliphatic rings. The zero-order valence-corrected chi connectivity index (χ0v) is 21.9. The molecule has 1 fully saturated rings. The highest BCUT2D eigenvalue weighted by molar-refractivity contribution is 7.90. The molecular weight excluding hydrogens is 512 g/mol. The van der Waals surface area contributed by atoms with Gasteiger partial charge >= 0.3 is 5.97 Å². The van der Waals surface area contributed by atoms with Crippen LogP contribution in [0.25, 0.3) is 21.5 Å². The summed E-state index contributed by atoms with van der Waals surface area (Å²) in [5.74, 6) is -0.595. The van der Waals surface area contributed by atoms with E-state index in [0.29, 0.717) is 21.9 Å². The first-order valence-corrected chi connectivity index (χ1v) is 14.0. The van der Waals surface area contributed by atoms with Gasteiger partial charge in [0.05, 0.1) is 18.0 Å². The minimum atomic E-state index is -4.19. The van der Waals surface area contributed by atoms with Gasteiger partial charge in [-0.3, -0.25) is 0 Å². The van der Waals surface area contributed by atoms with Crippen molar-refractivity contribution >= 4 is 37.5 Å². The highest BCUT2D eigenvalue weighted by Crippen LogP contribution is 2.43. The van der Waals surface area contributed by atoms with Crippen molar-refractivity contribution in [2.75, 3.05) is 7.11 Å². The number of methoxy groups -OCH3 is 1. The van der Waals surface area contributed by atoms with Crippen LogP contribution in [0.4, 0.5) is 0 Å². The monoisotopic (exact) mass is 538 g/mol. The van der Waals surface area contributed by atoms with E-state index in [1.807, 2.05) is 103 Å². The van der Waals surface area contributed by atoms with E-state index in [1.165, 1.54) is 12.1 Å². The summed E-state index contributed by atoms with van der Waals surface area (Å²) in [6.45, 7) is 0. The quantitative estimate of drug-likeness (QED) is 0.227. The number of hydrogen-bond donors (Lipinski definition) is 1. The van der Waals surface area contributed by atoms with Crippen molar-refractivity contribution in [1.82, 2.24) is 9.84 Å². The van der Waals surface area contributed by atoms with Gasteiger partial charge in [0, 0.05) is 10.8 Å². The number of ether oxygens (including phenoxy) is 2. The van der Waals surface area contributed by atoms with E-state index in [1.54, 1.807) is 12.1 Å². The molecule has 196 valence electrons. The Morgan fingerprint density at radius 3 is 1.85 bits per heavy atom. The van der Waals surface area contributed by atoms with Crippen molar-refractivity contribution in [2.45, 2.75) is 23.3 Å². The third kappa shape index (κ3) is 4.57. The van der Waals surface area contributed by atoms with E-state index in [4.69, 9.17) is 9.47 Å². The van der Waals surface area contributed by atoms with Gasteiger partial charge in [-0.1, -0.05) is 109 Å². The maximum absolute atomic E-state index is 14.4. The van der Waals surface area contributed by atoms with Gasteiger partial charge in [-0.25, -0.2) is 13.2 Å². The minimum Gasteiger partial charge on any atom is -0.467 e. The molecule has 8 heteroatoms. The van der Waals surface area contributed by atoms with Crippen molar-refractivity contribution < 1.29 is 22.7 Å². The molecule has 1 N–H and O–H groups in total. The average Bonchev–Trinajstić information content (AvgIpc) is 3.34. The highest BCUT2D eigenvalue weighted by Gasteiger charge is 2.49. The summed E-state index contributed by atoms with van der Waals surface area (Å²) in [6.07, 6.45) is -1.97. The molecule has 0 aromatic heterocycles. The van der Waals surface area contributed by atoms with E-state index >= 15 is 0 Å². The predicted molar refractivity (Wildman–Crippen MR) is 149 cm³/mol. The Morgan fingerprint density at radius 1 is 0.769 bits per heavy atom. The molecule has 0 amide bonds. The number of nitrogens with one attached hydrogen (secondary N) is 1. The Morgan fingerprint density at radius 2 is 1.28 bits per heavy atom. The summed E-state index contributed by atoms with van der Waals surface area (Å²) in [7, 11) is -2.90. The van der Waals surface area contributed by atoms with Crippen LogP contribution in [0.15, 0.2) is 120 Å². The van der Waals surface area contributed by atoms with Crippen molar-refractivity contribution in [2.24, 2.45) is 0 Å². The molecule has 6 rings (SSSR count). The molecule has 0 spiro atoms. The number of rotatable bonds is 6. The van der Waals surface area contributed by atoms with Gasteiger partial charge in [0.25, 0.3) is 10.0 Å². The molecule has 5 aromatic rings. The lowest BCUT2D eigenvalue weighted by Crippen LogP contribution is -2.45. The van der Waals surface area contributed by atoms with Crippen molar-refractivity contribution in [1.29, 1.82) is 0 Å². The Hall–Kier alpha value is -4.08. The SMILES string of the molecule is COC(=O)[C@@H]1O[C@H](c2ccccc2)N(NS(=O)(=O)c2c3ccccc3cc3ccccc23)[C@H]1c1ccccc1. The lowest BCUT2D eigenvalue weighted by Gasteiger charge is -2.29. The van der Waals surface area contributed by atoms with Crippen LogP contribution in [-0.4, -0.2) is 32.6 Å². The largest absolute Gasteiger partial charge is 0.467 e. The maximum atomic E-state index is 14.4. The second-order valence-electron chi connectivity index (χ2n) is 9.35. The van der Waals surface area contributed by atoms with Crippen LogP contribution in [0.1, 0.15) is 23.4 Å². The maximum Gasteiger partial charge on any atom is 0.337 e. The van der Waals surface area contributed by atoms with Gasteiger partial charge in [0.1, 0.15) is 0 Å². The molecule has 1 heterocycles. The number of esters is 1. The first-order valence-electron chi connectivity index (χ1n) is 12.5. The third-order valence-corrected chi connectivity index (χ3v) is 8.42. The van der Waals surface area contributed by atoms with Crippen LogP contribution in [0, 0.1) is 0 Å². The number of nitrogens with zero attached hydrogens (tertiary/aromatic N) is 1. The fourth-order valence-electron chi connectivity index (χ4n) is 5.26. The fraction of sp³-hybridized carbons (Fsp3) is 0.129. The molecular formula is C31H26N2O5S. The Labute approximate surface area is 226 Å². The first kappa shape index (κ1) is 25.2. The molecule has 0 radical (unpaired) electrons. The van der Waals surface area contributed by atoms with Gasteiger partial charge in [-0.2, -0.15) is 5.01 Å². The summed E-state index contributed by atoms with van der Waals surface area (Å²) in [5, 5.41) is 4.32. The van der Waals surface area contributed by atoms with Crippen LogP contribution in [0.3, 0.4) is 0 Å². The van der Waals surface area contributed by atoms with Crippen molar-refractivity contribution in [3.63, 3.8) is 0 Å². The Kier molecular flexibility index (Phi) is 6.62. The number of benzene rings is 5. The van der Waals surface area contributed by atoms with Crippen molar-refractivity contribution in [3.05, 3.63) is 126 Å². The topological polar surface area (TPSA) is 84.9 Å². The minimum absolute atomic E-state index is 0.163. The molecule has 39 heavy (non-hydrogen) atoms. The van der Waals surface area contributed by atoms with E-state index in [9.17, 15) is 13.2 Å². The second kappa shape index (κ2) is 10.2. The number of hydrazine groups is 1. The highest BCUT2D eigenvalue weighted by atomic mass is 32.2. The van der Waals surface area contributed by atoms with Gasteiger partial charge in [0.2, 0.25) is 0 Å². The van der Waals surface area contributed by atoms with E-state index in [-0.39, 0.29) is 4.90 Å². The van der Waals surface area contributed by atoms with Crippen molar-refractivity contribution in [3.8, 4) is 0 Å².